The highest BCUT2D eigenvalue weighted by Gasteiger charge is 2.32. The summed E-state index contributed by atoms with van der Waals surface area (Å²) < 4.78 is 61.3. The molecule has 0 radical (unpaired) electrons. The fraction of sp³-hybridized carbons (Fsp3) is 0.806. The highest BCUT2D eigenvalue weighted by Crippen LogP contribution is 2.19. The third kappa shape index (κ3) is 41.3. The van der Waals surface area contributed by atoms with Crippen molar-refractivity contribution in [1.29, 1.82) is 0 Å². The Hall–Kier alpha value is -4.56. The van der Waals surface area contributed by atoms with Crippen molar-refractivity contribution in [2.24, 2.45) is 0 Å². The van der Waals surface area contributed by atoms with Gasteiger partial charge >= 0.3 is 30.0 Å². The van der Waals surface area contributed by atoms with E-state index in [4.69, 9.17) is 52.1 Å². The maximum absolute atomic E-state index is 13.8. The fourth-order valence-corrected chi connectivity index (χ4v) is 8.65. The minimum absolute atomic E-state index is 0.0103. The Balaban J connectivity index is 2.30. The van der Waals surface area contributed by atoms with Crippen LogP contribution in [-0.4, -0.2) is 254 Å². The number of alkyl carbamates (subject to hydrolysis) is 1. The Morgan fingerprint density at radius 2 is 0.835 bits per heavy atom. The van der Waals surface area contributed by atoms with Crippen molar-refractivity contribution in [3.63, 3.8) is 0 Å². The van der Waals surface area contributed by atoms with Crippen LogP contribution in [0.3, 0.4) is 0 Å². The zero-order valence-electron chi connectivity index (χ0n) is 54.8. The van der Waals surface area contributed by atoms with E-state index in [1.807, 2.05) is 122 Å². The summed E-state index contributed by atoms with van der Waals surface area (Å²) in [6.07, 6.45) is 1.24. The van der Waals surface area contributed by atoms with Gasteiger partial charge in [-0.15, -0.1) is 0 Å². The first-order valence-electron chi connectivity index (χ1n) is 30.2. The van der Waals surface area contributed by atoms with Crippen molar-refractivity contribution < 1.29 is 80.9 Å². The molecule has 85 heavy (non-hydrogen) atoms. The van der Waals surface area contributed by atoms with Crippen molar-refractivity contribution in [2.75, 3.05) is 158 Å². The summed E-state index contributed by atoms with van der Waals surface area (Å²) in [7, 11) is 1.63. The number of nitrogens with zero attached hydrogens (tertiary/aromatic N) is 4. The first-order valence-corrected chi connectivity index (χ1v) is 30.2. The Kier molecular flexibility index (Phi) is 35.4. The number of amides is 2. The lowest BCUT2D eigenvalue weighted by molar-refractivity contribution is -0.160. The molecule has 2 unspecified atom stereocenters. The van der Waals surface area contributed by atoms with Gasteiger partial charge in [-0.25, -0.2) is 4.79 Å². The van der Waals surface area contributed by atoms with E-state index in [0.717, 1.165) is 11.1 Å². The van der Waals surface area contributed by atoms with Crippen molar-refractivity contribution >= 4 is 35.9 Å². The van der Waals surface area contributed by atoms with E-state index in [-0.39, 0.29) is 51.3 Å². The Bertz CT molecular complexity index is 2080. The van der Waals surface area contributed by atoms with Gasteiger partial charge in [0.2, 0.25) is 5.91 Å². The number of hydrogen-bond acceptors (Lipinski definition) is 21. The van der Waals surface area contributed by atoms with Crippen LogP contribution in [0.2, 0.25) is 0 Å². The topological polar surface area (TPSA) is 241 Å². The van der Waals surface area contributed by atoms with Gasteiger partial charge in [0.1, 0.15) is 34.0 Å². The Morgan fingerprint density at radius 1 is 0.471 bits per heavy atom. The van der Waals surface area contributed by atoms with Crippen molar-refractivity contribution in [1.82, 2.24) is 30.2 Å². The molecule has 2 N–H and O–H groups in total. The van der Waals surface area contributed by atoms with E-state index < -0.39 is 64.0 Å². The van der Waals surface area contributed by atoms with Crippen LogP contribution in [0.5, 0.6) is 0 Å². The van der Waals surface area contributed by atoms with Crippen LogP contribution >= 0.6 is 0 Å². The van der Waals surface area contributed by atoms with Crippen molar-refractivity contribution in [2.45, 2.75) is 170 Å². The fourth-order valence-electron chi connectivity index (χ4n) is 8.65. The maximum atomic E-state index is 13.8. The minimum Gasteiger partial charge on any atom is -0.459 e. The molecular weight excluding hydrogens is 1100 g/mol. The predicted molar refractivity (Wildman–Crippen MR) is 323 cm³/mol. The smallest absolute Gasteiger partial charge is 0.408 e. The van der Waals surface area contributed by atoms with Gasteiger partial charge in [0.15, 0.2) is 0 Å². The molecule has 1 fully saturated rings. The van der Waals surface area contributed by atoms with E-state index in [0.29, 0.717) is 138 Å². The molecule has 23 nitrogen and oxygen atoms in total. The van der Waals surface area contributed by atoms with Crippen LogP contribution in [0.15, 0.2) is 24.3 Å². The zero-order chi connectivity index (χ0) is 63.7. The molecule has 1 aliphatic rings. The standard InChI is InChI=1S/C62H110N6O17/c1-58(2,3)81-52(69)44-65-25-26-66(45-53(70)82-59(4,5)6)29-30-68(47-55(72)84-61(10,11)12)50(43-67(28-27-65)46-54(71)83-60(7,8)9)42-49-22-20-48(21-23-49)18-17-19-51(64-57(74)85-62(13,14)15)56(73)63-24-31-76-34-35-78-38-39-80-41-40-79-37-36-77-33-32-75-16/h20-23,50-51H,17-19,24-47H2,1-16H3,(H,63,73)(H,64,74). The second-order valence-corrected chi connectivity index (χ2v) is 26.2. The number of hydrogen-bond donors (Lipinski definition) is 2. The van der Waals surface area contributed by atoms with E-state index in [9.17, 15) is 28.8 Å². The quantitative estimate of drug-likeness (QED) is 0.0509. The molecule has 0 aromatic heterocycles. The van der Waals surface area contributed by atoms with Gasteiger partial charge in [-0.3, -0.25) is 43.6 Å². The number of carbonyl (C=O) groups is 6. The van der Waals surface area contributed by atoms with E-state index in [1.165, 1.54) is 0 Å². The molecule has 2 rings (SSSR count). The molecule has 1 heterocycles. The van der Waals surface area contributed by atoms with E-state index >= 15 is 0 Å². The molecule has 2 amide bonds. The normalized spacial score (nSPS) is 16.4. The first-order chi connectivity index (χ1) is 39.7. The summed E-state index contributed by atoms with van der Waals surface area (Å²) in [5.74, 6) is -1.99. The van der Waals surface area contributed by atoms with Crippen LogP contribution in [0.25, 0.3) is 0 Å². The summed E-state index contributed by atoms with van der Waals surface area (Å²) in [5, 5.41) is 5.64. The van der Waals surface area contributed by atoms with Gasteiger partial charge in [-0.2, -0.15) is 0 Å². The number of nitrogens with one attached hydrogen (secondary N) is 2. The van der Waals surface area contributed by atoms with Gasteiger partial charge in [-0.1, -0.05) is 24.3 Å². The lowest BCUT2D eigenvalue weighted by Gasteiger charge is -2.39. The zero-order valence-corrected chi connectivity index (χ0v) is 54.8. The van der Waals surface area contributed by atoms with Crippen LogP contribution in [0.1, 0.15) is 128 Å². The van der Waals surface area contributed by atoms with Crippen LogP contribution in [0, 0.1) is 0 Å². The Labute approximate surface area is 508 Å². The summed E-state index contributed by atoms with van der Waals surface area (Å²) in [5.41, 5.74) is -1.71. The largest absolute Gasteiger partial charge is 0.459 e. The molecule has 23 heteroatoms. The lowest BCUT2D eigenvalue weighted by atomic mass is 9.99. The van der Waals surface area contributed by atoms with Crippen LogP contribution in [0.4, 0.5) is 4.79 Å². The second kappa shape index (κ2) is 39.4. The monoisotopic (exact) mass is 1210 g/mol. The van der Waals surface area contributed by atoms with Crippen molar-refractivity contribution in [3.05, 3.63) is 35.4 Å². The third-order valence-corrected chi connectivity index (χ3v) is 12.1. The summed E-state index contributed by atoms with van der Waals surface area (Å²) >= 11 is 0. The van der Waals surface area contributed by atoms with Crippen LogP contribution in [-0.2, 0) is 88.9 Å². The van der Waals surface area contributed by atoms with Crippen molar-refractivity contribution in [3.8, 4) is 0 Å². The SMILES string of the molecule is COCCOCCOCCOCCOCCOCCNC(=O)C(CCCc1ccc(CC2CN(CC(=O)OC(C)(C)C)CCN(CC(=O)OC(C)(C)C)CCN(CC(=O)OC(C)(C)C)CCN2CC(=O)OC(C)(C)C)cc1)NC(=O)OC(C)(C)C. The molecule has 1 saturated heterocycles. The molecule has 1 aliphatic heterocycles. The number of rotatable bonds is 34. The highest BCUT2D eigenvalue weighted by molar-refractivity contribution is 5.85. The van der Waals surface area contributed by atoms with Gasteiger partial charge in [0, 0.05) is 65.5 Å². The molecule has 490 valence electrons. The second-order valence-electron chi connectivity index (χ2n) is 26.2. The highest BCUT2D eigenvalue weighted by atomic mass is 16.6. The molecule has 0 bridgehead atoms. The summed E-state index contributed by atoms with van der Waals surface area (Å²) in [4.78, 5) is 88.8. The lowest BCUT2D eigenvalue weighted by Crippen LogP contribution is -2.54. The van der Waals surface area contributed by atoms with Gasteiger partial charge in [0.05, 0.1) is 98.9 Å². The molecule has 2 atom stereocenters. The number of methoxy groups -OCH3 is 1. The predicted octanol–water partition coefficient (Wildman–Crippen LogP) is 5.25. The molecule has 0 aliphatic carbocycles. The van der Waals surface area contributed by atoms with E-state index in [1.54, 1.807) is 27.9 Å². The van der Waals surface area contributed by atoms with Gasteiger partial charge < -0.3 is 62.7 Å². The molecule has 1 aromatic rings. The Morgan fingerprint density at radius 3 is 1.26 bits per heavy atom. The number of carbonyl (C=O) groups excluding carboxylic acids is 6. The molecule has 1 aromatic carbocycles. The molecule has 0 saturated carbocycles. The molecule has 0 spiro atoms. The van der Waals surface area contributed by atoms with Gasteiger partial charge in [-0.05, 0) is 141 Å². The van der Waals surface area contributed by atoms with Gasteiger partial charge in [0.25, 0.3) is 0 Å². The average molecular weight is 1210 g/mol. The first kappa shape index (κ1) is 76.5. The van der Waals surface area contributed by atoms with E-state index in [2.05, 4.69) is 15.5 Å². The number of esters is 4. The average Bonchev–Trinajstić information content (AvgIpc) is 3.41. The maximum Gasteiger partial charge on any atom is 0.408 e. The third-order valence-electron chi connectivity index (χ3n) is 12.1. The summed E-state index contributed by atoms with van der Waals surface area (Å²) in [6, 6.07) is 6.89. The van der Waals surface area contributed by atoms with Crippen LogP contribution < -0.4 is 10.6 Å². The number of ether oxygens (including phenoxy) is 11. The number of benzene rings is 1. The summed E-state index contributed by atoms with van der Waals surface area (Å²) in [6.45, 7) is 34.4. The number of aryl methyl sites for hydroxylation is 1. The minimum atomic E-state index is -0.873. The molecular formula is C62H110N6O17.